The fourth-order valence-electron chi connectivity index (χ4n) is 0.277. The van der Waals surface area contributed by atoms with Crippen molar-refractivity contribution in [1.29, 1.82) is 0 Å². The van der Waals surface area contributed by atoms with E-state index in [2.05, 4.69) is 9.47 Å². The largest absolute Gasteiger partial charge is 0.468 e. The highest BCUT2D eigenvalue weighted by Crippen LogP contribution is 1.79. The smallest absolute Gasteiger partial charge is 0.293 e. The van der Waals surface area contributed by atoms with Gasteiger partial charge in [0.15, 0.2) is 0 Å². The summed E-state index contributed by atoms with van der Waals surface area (Å²) in [5.41, 5.74) is 0. The minimum Gasteiger partial charge on any atom is -0.468 e. The van der Waals surface area contributed by atoms with E-state index in [1.54, 1.807) is 13.8 Å². The van der Waals surface area contributed by atoms with Gasteiger partial charge in [-0.25, -0.2) is 0 Å². The van der Waals surface area contributed by atoms with Crippen LogP contribution in [0.15, 0.2) is 0 Å². The van der Waals surface area contributed by atoms with Crippen LogP contribution in [-0.2, 0) is 19.1 Å². The van der Waals surface area contributed by atoms with Gasteiger partial charge in [0.05, 0.1) is 12.7 Å². The van der Waals surface area contributed by atoms with Gasteiger partial charge in [-0.1, -0.05) is 6.92 Å². The molecule has 4 nitrogen and oxygen atoms in total. The Bertz CT molecular complexity index is 101. The second-order valence-electron chi connectivity index (χ2n) is 2.25. The van der Waals surface area contributed by atoms with Gasteiger partial charge in [0, 0.05) is 0 Å². The summed E-state index contributed by atoms with van der Waals surface area (Å²) in [5, 5.41) is 0. The predicted octanol–water partition coefficient (Wildman–Crippen LogP) is 1.14. The lowest BCUT2D eigenvalue weighted by molar-refractivity contribution is -0.132. The molecule has 0 aliphatic rings. The highest BCUT2D eigenvalue weighted by molar-refractivity contribution is 5.37. The Morgan fingerprint density at radius 1 is 1.25 bits per heavy atom. The van der Waals surface area contributed by atoms with Gasteiger partial charge in [-0.3, -0.25) is 9.59 Å². The molecular formula is C8H16O4. The zero-order chi connectivity index (χ0) is 9.82. The van der Waals surface area contributed by atoms with Crippen molar-refractivity contribution in [2.45, 2.75) is 33.3 Å². The third-order valence-electron chi connectivity index (χ3n) is 0.718. The molecule has 0 unspecified atom stereocenters. The molecule has 0 amide bonds. The number of hydrogen-bond donors (Lipinski definition) is 0. The summed E-state index contributed by atoms with van der Waals surface area (Å²) >= 11 is 0. The molecule has 0 rings (SSSR count). The lowest BCUT2D eigenvalue weighted by atomic mass is 10.5. The van der Waals surface area contributed by atoms with Gasteiger partial charge in [-0.2, -0.15) is 0 Å². The van der Waals surface area contributed by atoms with Crippen LogP contribution in [0.5, 0.6) is 0 Å². The van der Waals surface area contributed by atoms with Gasteiger partial charge in [0.2, 0.25) is 0 Å². The summed E-state index contributed by atoms with van der Waals surface area (Å²) in [5.74, 6) is 0. The van der Waals surface area contributed by atoms with Crippen molar-refractivity contribution < 1.29 is 19.1 Å². The van der Waals surface area contributed by atoms with Crippen LogP contribution in [0, 0.1) is 0 Å². The second kappa shape index (κ2) is 12.6. The number of carbonyl (C=O) groups is 2. The highest BCUT2D eigenvalue weighted by Gasteiger charge is 1.83. The van der Waals surface area contributed by atoms with Crippen LogP contribution < -0.4 is 0 Å². The van der Waals surface area contributed by atoms with Crippen LogP contribution >= 0.6 is 0 Å². The lowest BCUT2D eigenvalue weighted by Gasteiger charge is -1.96. The van der Waals surface area contributed by atoms with E-state index >= 15 is 0 Å². The molecule has 0 atom stereocenters. The van der Waals surface area contributed by atoms with Gasteiger partial charge in [-0.05, 0) is 20.3 Å². The normalized spacial score (nSPS) is 8.00. The maximum atomic E-state index is 9.39. The zero-order valence-corrected chi connectivity index (χ0v) is 7.78. The summed E-state index contributed by atoms with van der Waals surface area (Å²) in [7, 11) is 0. The van der Waals surface area contributed by atoms with Crippen molar-refractivity contribution >= 4 is 12.9 Å². The van der Waals surface area contributed by atoms with Gasteiger partial charge in [-0.15, -0.1) is 0 Å². The standard InChI is InChI=1S/2C4H8O2/c1-4(2)6-3-5;1-2-3-6-4-5/h3-4H,1-2H3;4H,2-3H2,1H3. The predicted molar refractivity (Wildman–Crippen MR) is 44.6 cm³/mol. The second-order valence-corrected chi connectivity index (χ2v) is 2.25. The molecular weight excluding hydrogens is 160 g/mol. The fourth-order valence-corrected chi connectivity index (χ4v) is 0.277. The van der Waals surface area contributed by atoms with Crippen molar-refractivity contribution in [2.75, 3.05) is 6.61 Å². The third-order valence-corrected chi connectivity index (χ3v) is 0.718. The van der Waals surface area contributed by atoms with Crippen molar-refractivity contribution in [2.24, 2.45) is 0 Å². The summed E-state index contributed by atoms with van der Waals surface area (Å²) in [6.07, 6.45) is 0.932. The van der Waals surface area contributed by atoms with Gasteiger partial charge in [0.25, 0.3) is 12.9 Å². The molecule has 0 N–H and O–H groups in total. The number of carbonyl (C=O) groups excluding carboxylic acids is 2. The molecule has 0 aromatic carbocycles. The van der Waals surface area contributed by atoms with Gasteiger partial charge < -0.3 is 9.47 Å². The molecule has 0 fully saturated rings. The molecule has 0 spiro atoms. The molecule has 12 heavy (non-hydrogen) atoms. The molecule has 0 aromatic heterocycles. The average molecular weight is 176 g/mol. The van der Waals surface area contributed by atoms with Crippen LogP contribution in [0.3, 0.4) is 0 Å². The van der Waals surface area contributed by atoms with E-state index < -0.39 is 0 Å². The summed E-state index contributed by atoms with van der Waals surface area (Å²) in [6.45, 7) is 7.00. The van der Waals surface area contributed by atoms with E-state index in [-0.39, 0.29) is 6.10 Å². The Morgan fingerprint density at radius 2 is 1.83 bits per heavy atom. The SMILES string of the molecule is CC(C)OC=O.CCCOC=O. The van der Waals surface area contributed by atoms with Crippen LogP contribution in [0.4, 0.5) is 0 Å². The molecule has 0 bridgehead atoms. The van der Waals surface area contributed by atoms with Crippen LogP contribution in [0.2, 0.25) is 0 Å². The molecule has 0 radical (unpaired) electrons. The van der Waals surface area contributed by atoms with E-state index in [0.29, 0.717) is 19.6 Å². The molecule has 0 heterocycles. The number of hydrogen-bond acceptors (Lipinski definition) is 4. The maximum absolute atomic E-state index is 9.39. The Labute approximate surface area is 72.8 Å². The summed E-state index contributed by atoms with van der Waals surface area (Å²) < 4.78 is 8.66. The fraction of sp³-hybridized carbons (Fsp3) is 0.750. The van der Waals surface area contributed by atoms with E-state index in [0.717, 1.165) is 6.42 Å². The van der Waals surface area contributed by atoms with E-state index in [4.69, 9.17) is 0 Å². The van der Waals surface area contributed by atoms with E-state index in [9.17, 15) is 9.59 Å². The molecule has 0 saturated carbocycles. The number of ether oxygens (including phenoxy) is 2. The Hall–Kier alpha value is -1.06. The molecule has 0 aliphatic carbocycles. The van der Waals surface area contributed by atoms with Gasteiger partial charge in [0.1, 0.15) is 0 Å². The maximum Gasteiger partial charge on any atom is 0.293 e. The van der Waals surface area contributed by atoms with Crippen molar-refractivity contribution in [3.8, 4) is 0 Å². The van der Waals surface area contributed by atoms with Gasteiger partial charge >= 0.3 is 0 Å². The molecule has 0 aromatic rings. The van der Waals surface area contributed by atoms with E-state index in [1.807, 2.05) is 6.92 Å². The molecule has 0 aliphatic heterocycles. The highest BCUT2D eigenvalue weighted by atomic mass is 16.5. The number of rotatable bonds is 5. The zero-order valence-electron chi connectivity index (χ0n) is 7.78. The molecule has 72 valence electrons. The first-order valence-corrected chi connectivity index (χ1v) is 3.83. The Morgan fingerprint density at radius 3 is 1.92 bits per heavy atom. The third kappa shape index (κ3) is 23.1. The van der Waals surface area contributed by atoms with Crippen molar-refractivity contribution in [1.82, 2.24) is 0 Å². The monoisotopic (exact) mass is 176 g/mol. The summed E-state index contributed by atoms with van der Waals surface area (Å²) in [4.78, 5) is 18.7. The topological polar surface area (TPSA) is 52.6 Å². The van der Waals surface area contributed by atoms with E-state index in [1.165, 1.54) is 0 Å². The first-order valence-electron chi connectivity index (χ1n) is 3.83. The summed E-state index contributed by atoms with van der Waals surface area (Å²) in [6, 6.07) is 0. The quantitative estimate of drug-likeness (QED) is 0.465. The van der Waals surface area contributed by atoms with Crippen molar-refractivity contribution in [3.05, 3.63) is 0 Å². The van der Waals surface area contributed by atoms with Crippen LogP contribution in [0.25, 0.3) is 0 Å². The average Bonchev–Trinajstić information content (AvgIpc) is 2.02. The first-order chi connectivity index (χ1) is 5.68. The minimum atomic E-state index is 0.0301. The minimum absolute atomic E-state index is 0.0301. The van der Waals surface area contributed by atoms with Crippen LogP contribution in [0.1, 0.15) is 27.2 Å². The molecule has 4 heteroatoms. The first kappa shape index (κ1) is 13.5. The van der Waals surface area contributed by atoms with Crippen molar-refractivity contribution in [3.63, 3.8) is 0 Å². The molecule has 0 saturated heterocycles. The Balaban J connectivity index is 0. The van der Waals surface area contributed by atoms with Crippen LogP contribution in [-0.4, -0.2) is 25.7 Å². The Kier molecular flexibility index (Phi) is 14.2. The lowest BCUT2D eigenvalue weighted by Crippen LogP contribution is -1.98.